The summed E-state index contributed by atoms with van der Waals surface area (Å²) in [5.74, 6) is 1.00. The number of H-pyrrole nitrogens is 1. The Labute approximate surface area is 175 Å². The van der Waals surface area contributed by atoms with Gasteiger partial charge in [-0.05, 0) is 51.3 Å². The zero-order chi connectivity index (χ0) is 21.5. The van der Waals surface area contributed by atoms with Gasteiger partial charge in [0.15, 0.2) is 18.1 Å². The monoisotopic (exact) mass is 416 g/mol. The number of anilines is 2. The molecule has 162 valence electrons. The number of benzene rings is 1. The average molecular weight is 416 g/mol. The Morgan fingerprint density at radius 2 is 1.97 bits per heavy atom. The highest BCUT2D eigenvalue weighted by molar-refractivity contribution is 6.03. The second-order valence-electron chi connectivity index (χ2n) is 7.36. The van der Waals surface area contributed by atoms with Crippen molar-refractivity contribution in [1.82, 2.24) is 20.5 Å². The van der Waals surface area contributed by atoms with Crippen LogP contribution in [0.1, 0.15) is 43.5 Å². The number of piperidine rings is 1. The van der Waals surface area contributed by atoms with Crippen molar-refractivity contribution >= 4 is 23.7 Å². The molecule has 1 aliphatic heterocycles. The summed E-state index contributed by atoms with van der Waals surface area (Å²) in [6.07, 6.45) is 3.45. The molecule has 0 saturated carbocycles. The quantitative estimate of drug-likeness (QED) is 0.601. The number of nitrogens with zero attached hydrogens (tertiary/aromatic N) is 3. The van der Waals surface area contributed by atoms with Gasteiger partial charge >= 0.3 is 0 Å². The molecule has 2 amide bonds. The minimum absolute atomic E-state index is 0.0283. The predicted molar refractivity (Wildman–Crippen MR) is 112 cm³/mol. The molecule has 10 heteroatoms. The molecule has 0 radical (unpaired) electrons. The number of hydrogen-bond donors (Lipinski definition) is 3. The lowest BCUT2D eigenvalue weighted by molar-refractivity contribution is -0.123. The minimum atomic E-state index is -0.362. The molecule has 2 aromatic rings. The molecule has 0 atom stereocenters. The van der Waals surface area contributed by atoms with E-state index >= 15 is 0 Å². The van der Waals surface area contributed by atoms with Crippen molar-refractivity contribution in [2.45, 2.75) is 39.2 Å². The summed E-state index contributed by atoms with van der Waals surface area (Å²) in [5.41, 5.74) is 0.363. The van der Waals surface area contributed by atoms with Gasteiger partial charge in [0, 0.05) is 24.7 Å². The maximum atomic E-state index is 12.6. The van der Waals surface area contributed by atoms with Gasteiger partial charge in [-0.3, -0.25) is 14.9 Å². The zero-order valence-corrected chi connectivity index (χ0v) is 17.5. The predicted octanol–water partition coefficient (Wildman–Crippen LogP) is 1.96. The Hall–Kier alpha value is -3.30. The number of aromatic amines is 1. The van der Waals surface area contributed by atoms with Crippen LogP contribution in [0.5, 0.6) is 11.5 Å². The van der Waals surface area contributed by atoms with Crippen LogP contribution in [0.15, 0.2) is 18.2 Å². The number of aromatic nitrogens is 3. The lowest BCUT2D eigenvalue weighted by Crippen LogP contribution is -2.34. The molecule has 1 aromatic heterocycles. The standard InChI is InChI=1S/C20H28N6O4/c1-13(2)21-17(27)12-30-15-8-7-14(11-16(15)29-3)18(28)22-19-23-20(25-24-19)26-9-5-4-6-10-26/h7-8,11,13H,4-6,9-10,12H2,1-3H3,(H,21,27)(H2,22,23,24,25,28). The first-order chi connectivity index (χ1) is 14.5. The number of ether oxygens (including phenoxy) is 2. The molecule has 0 unspecified atom stereocenters. The summed E-state index contributed by atoms with van der Waals surface area (Å²) in [7, 11) is 1.47. The Morgan fingerprint density at radius 3 is 2.67 bits per heavy atom. The van der Waals surface area contributed by atoms with E-state index in [0.29, 0.717) is 23.0 Å². The molecule has 1 saturated heterocycles. The van der Waals surface area contributed by atoms with Gasteiger partial charge in [-0.25, -0.2) is 5.10 Å². The molecule has 1 fully saturated rings. The number of carbonyl (C=O) groups excluding carboxylic acids is 2. The molecule has 3 rings (SSSR count). The summed E-state index contributed by atoms with van der Waals surface area (Å²) in [6.45, 7) is 5.43. The summed E-state index contributed by atoms with van der Waals surface area (Å²) in [6, 6.07) is 4.76. The normalized spacial score (nSPS) is 13.8. The smallest absolute Gasteiger partial charge is 0.258 e. The van der Waals surface area contributed by atoms with Crippen LogP contribution in [0, 0.1) is 0 Å². The van der Waals surface area contributed by atoms with Crippen LogP contribution in [-0.4, -0.2) is 59.8 Å². The third-order valence-corrected chi connectivity index (χ3v) is 4.58. The van der Waals surface area contributed by atoms with Gasteiger partial charge in [0.2, 0.25) is 11.9 Å². The first-order valence-electron chi connectivity index (χ1n) is 10.0. The number of rotatable bonds is 8. The second kappa shape index (κ2) is 9.95. The first-order valence-corrected chi connectivity index (χ1v) is 10.0. The largest absolute Gasteiger partial charge is 0.493 e. The second-order valence-corrected chi connectivity index (χ2v) is 7.36. The molecule has 0 bridgehead atoms. The molecule has 3 N–H and O–H groups in total. The van der Waals surface area contributed by atoms with E-state index in [1.54, 1.807) is 18.2 Å². The number of methoxy groups -OCH3 is 1. The van der Waals surface area contributed by atoms with E-state index in [1.165, 1.54) is 13.5 Å². The van der Waals surface area contributed by atoms with E-state index in [1.807, 2.05) is 13.8 Å². The SMILES string of the molecule is COc1cc(C(=O)Nc2nc(N3CCCCC3)n[nH]2)ccc1OCC(=O)NC(C)C. The highest BCUT2D eigenvalue weighted by atomic mass is 16.5. The van der Waals surface area contributed by atoms with Gasteiger partial charge in [-0.2, -0.15) is 4.98 Å². The van der Waals surface area contributed by atoms with Gasteiger partial charge in [-0.1, -0.05) is 0 Å². The van der Waals surface area contributed by atoms with Crippen LogP contribution >= 0.6 is 0 Å². The maximum Gasteiger partial charge on any atom is 0.258 e. The highest BCUT2D eigenvalue weighted by Gasteiger charge is 2.17. The number of carbonyl (C=O) groups is 2. The van der Waals surface area contributed by atoms with Crippen LogP contribution in [0.25, 0.3) is 0 Å². The van der Waals surface area contributed by atoms with Crippen molar-refractivity contribution in [2.75, 3.05) is 37.0 Å². The van der Waals surface area contributed by atoms with Crippen molar-refractivity contribution in [3.05, 3.63) is 23.8 Å². The van der Waals surface area contributed by atoms with Crippen molar-refractivity contribution in [1.29, 1.82) is 0 Å². The topological polar surface area (TPSA) is 121 Å². The molecular weight excluding hydrogens is 388 g/mol. The van der Waals surface area contributed by atoms with E-state index in [0.717, 1.165) is 25.9 Å². The van der Waals surface area contributed by atoms with E-state index in [-0.39, 0.29) is 30.4 Å². The number of amides is 2. The Kier molecular flexibility index (Phi) is 7.10. The summed E-state index contributed by atoms with van der Waals surface area (Å²) >= 11 is 0. The van der Waals surface area contributed by atoms with Crippen LogP contribution < -0.4 is 25.0 Å². The van der Waals surface area contributed by atoms with E-state index in [2.05, 4.69) is 30.7 Å². The molecule has 1 aliphatic rings. The van der Waals surface area contributed by atoms with Crippen LogP contribution in [-0.2, 0) is 4.79 Å². The fourth-order valence-electron chi connectivity index (χ4n) is 3.16. The number of hydrogen-bond acceptors (Lipinski definition) is 7. The third kappa shape index (κ3) is 5.62. The van der Waals surface area contributed by atoms with Crippen molar-refractivity contribution in [3.8, 4) is 11.5 Å². The molecule has 0 spiro atoms. The Morgan fingerprint density at radius 1 is 1.20 bits per heavy atom. The van der Waals surface area contributed by atoms with E-state index in [9.17, 15) is 9.59 Å². The van der Waals surface area contributed by atoms with Crippen molar-refractivity contribution in [3.63, 3.8) is 0 Å². The van der Waals surface area contributed by atoms with E-state index < -0.39 is 0 Å². The lowest BCUT2D eigenvalue weighted by Gasteiger charge is -2.24. The highest BCUT2D eigenvalue weighted by Crippen LogP contribution is 2.28. The minimum Gasteiger partial charge on any atom is -0.493 e. The van der Waals surface area contributed by atoms with Gasteiger partial charge in [-0.15, -0.1) is 5.10 Å². The Balaban J connectivity index is 1.62. The summed E-state index contributed by atoms with van der Waals surface area (Å²) < 4.78 is 10.8. The van der Waals surface area contributed by atoms with Crippen LogP contribution in [0.4, 0.5) is 11.9 Å². The zero-order valence-electron chi connectivity index (χ0n) is 17.5. The first kappa shape index (κ1) is 21.4. The maximum absolute atomic E-state index is 12.6. The Bertz CT molecular complexity index is 876. The fraction of sp³-hybridized carbons (Fsp3) is 0.500. The summed E-state index contributed by atoms with van der Waals surface area (Å²) in [4.78, 5) is 30.8. The van der Waals surface area contributed by atoms with Gasteiger partial charge in [0.25, 0.3) is 11.8 Å². The molecule has 1 aromatic carbocycles. The third-order valence-electron chi connectivity index (χ3n) is 4.58. The van der Waals surface area contributed by atoms with Crippen LogP contribution in [0.3, 0.4) is 0 Å². The lowest BCUT2D eigenvalue weighted by atomic mass is 10.1. The van der Waals surface area contributed by atoms with Crippen molar-refractivity contribution in [2.24, 2.45) is 0 Å². The molecule has 30 heavy (non-hydrogen) atoms. The van der Waals surface area contributed by atoms with Gasteiger partial charge < -0.3 is 19.7 Å². The molecular formula is C20H28N6O4. The van der Waals surface area contributed by atoms with E-state index in [4.69, 9.17) is 9.47 Å². The van der Waals surface area contributed by atoms with Gasteiger partial charge in [0.05, 0.1) is 7.11 Å². The van der Waals surface area contributed by atoms with Crippen molar-refractivity contribution < 1.29 is 19.1 Å². The fourth-order valence-corrected chi connectivity index (χ4v) is 3.16. The van der Waals surface area contributed by atoms with Crippen LogP contribution in [0.2, 0.25) is 0 Å². The molecule has 10 nitrogen and oxygen atoms in total. The summed E-state index contributed by atoms with van der Waals surface area (Å²) in [5, 5.41) is 12.4. The molecule has 2 heterocycles. The molecule has 0 aliphatic carbocycles. The number of nitrogens with one attached hydrogen (secondary N) is 3. The van der Waals surface area contributed by atoms with Gasteiger partial charge in [0.1, 0.15) is 0 Å². The average Bonchev–Trinajstić information content (AvgIpc) is 3.20.